The summed E-state index contributed by atoms with van der Waals surface area (Å²) in [5.41, 5.74) is 8.53. The van der Waals surface area contributed by atoms with Crippen molar-refractivity contribution in [3.8, 4) is 0 Å². The molecule has 0 aliphatic carbocycles. The number of nitrogens with zero attached hydrogens (tertiary/aromatic N) is 5. The molecule has 0 saturated heterocycles. The first-order valence-electron chi connectivity index (χ1n) is 5.96. The molecule has 0 aliphatic rings. The summed E-state index contributed by atoms with van der Waals surface area (Å²) in [7, 11) is 0. The monoisotopic (exact) mass is 312 g/mol. The predicted octanol–water partition coefficient (Wildman–Crippen LogP) is 1.11. The maximum atomic E-state index is 5.50. The van der Waals surface area contributed by atoms with Gasteiger partial charge in [0.15, 0.2) is 0 Å². The molecule has 0 unspecified atom stereocenters. The first-order chi connectivity index (χ1) is 8.65. The molecule has 2 N–H and O–H groups in total. The minimum absolute atomic E-state index is 0.592. The fourth-order valence-electron chi connectivity index (χ4n) is 1.85. The summed E-state index contributed by atoms with van der Waals surface area (Å²) in [4.78, 5) is 0. The molecular formula is C11H17BrN6. The summed E-state index contributed by atoms with van der Waals surface area (Å²) in [6.07, 6.45) is 2.69. The number of hydrogen-bond donors (Lipinski definition) is 1. The summed E-state index contributed by atoms with van der Waals surface area (Å²) >= 11 is 3.57. The third kappa shape index (κ3) is 2.62. The fraction of sp³-hybridized carbons (Fsp3) is 0.545. The lowest BCUT2D eigenvalue weighted by Crippen LogP contribution is -2.09. The minimum Gasteiger partial charge on any atom is -0.330 e. The van der Waals surface area contributed by atoms with Crippen molar-refractivity contribution in [1.82, 2.24) is 24.8 Å². The second kappa shape index (κ2) is 5.62. The van der Waals surface area contributed by atoms with Crippen molar-refractivity contribution in [2.75, 3.05) is 6.54 Å². The molecule has 2 aromatic heterocycles. The van der Waals surface area contributed by atoms with Gasteiger partial charge in [-0.2, -0.15) is 5.10 Å². The smallest absolute Gasteiger partial charge is 0.0857 e. The Morgan fingerprint density at radius 3 is 2.89 bits per heavy atom. The Hall–Kier alpha value is -1.21. The molecular weight excluding hydrogens is 296 g/mol. The largest absolute Gasteiger partial charge is 0.330 e. The van der Waals surface area contributed by atoms with Crippen LogP contribution in [0.5, 0.6) is 0 Å². The average molecular weight is 313 g/mol. The molecule has 0 aliphatic heterocycles. The second-order valence-corrected chi connectivity index (χ2v) is 4.90. The van der Waals surface area contributed by atoms with Gasteiger partial charge in [0.2, 0.25) is 0 Å². The highest BCUT2D eigenvalue weighted by Crippen LogP contribution is 2.21. The first kappa shape index (κ1) is 13.2. The van der Waals surface area contributed by atoms with E-state index in [0.717, 1.165) is 34.5 Å². The summed E-state index contributed by atoms with van der Waals surface area (Å²) in [5, 5.41) is 12.6. The minimum atomic E-state index is 0.592. The van der Waals surface area contributed by atoms with E-state index in [-0.39, 0.29) is 0 Å². The Morgan fingerprint density at radius 1 is 1.44 bits per heavy atom. The lowest BCUT2D eigenvalue weighted by molar-refractivity contribution is 0.563. The van der Waals surface area contributed by atoms with Crippen LogP contribution in [-0.4, -0.2) is 31.3 Å². The summed E-state index contributed by atoms with van der Waals surface area (Å²) in [5.74, 6) is 0. The summed E-state index contributed by atoms with van der Waals surface area (Å²) in [6, 6.07) is 0. The van der Waals surface area contributed by atoms with Gasteiger partial charge in [0.25, 0.3) is 0 Å². The normalized spacial score (nSPS) is 11.1. The zero-order valence-corrected chi connectivity index (χ0v) is 12.2. The standard InChI is InChI=1S/C11H17BrN6/c1-3-18-10(11(12)8(2)15-18)7-17-6-9(4-5-13)14-16-17/h6H,3-5,7,13H2,1-2H3. The van der Waals surface area contributed by atoms with E-state index in [0.29, 0.717) is 13.1 Å². The van der Waals surface area contributed by atoms with Crippen molar-refractivity contribution in [1.29, 1.82) is 0 Å². The van der Waals surface area contributed by atoms with Crippen molar-refractivity contribution in [2.24, 2.45) is 5.73 Å². The Labute approximate surface area is 114 Å². The predicted molar refractivity (Wildman–Crippen MR) is 72.2 cm³/mol. The van der Waals surface area contributed by atoms with Crippen LogP contribution < -0.4 is 5.73 Å². The Kier molecular flexibility index (Phi) is 4.13. The average Bonchev–Trinajstić information content (AvgIpc) is 2.90. The van der Waals surface area contributed by atoms with Crippen LogP contribution in [0.1, 0.15) is 24.0 Å². The number of aryl methyl sites for hydroxylation is 2. The Balaban J connectivity index is 2.22. The van der Waals surface area contributed by atoms with Crippen molar-refractivity contribution in [3.05, 3.63) is 27.8 Å². The number of aromatic nitrogens is 5. The number of halogens is 1. The quantitative estimate of drug-likeness (QED) is 0.897. The molecule has 2 heterocycles. The van der Waals surface area contributed by atoms with Gasteiger partial charge in [-0.25, -0.2) is 4.68 Å². The van der Waals surface area contributed by atoms with E-state index >= 15 is 0 Å². The molecule has 0 amide bonds. The van der Waals surface area contributed by atoms with E-state index < -0.39 is 0 Å². The highest BCUT2D eigenvalue weighted by atomic mass is 79.9. The topological polar surface area (TPSA) is 74.5 Å². The van der Waals surface area contributed by atoms with Crippen LogP contribution in [-0.2, 0) is 19.5 Å². The highest BCUT2D eigenvalue weighted by molar-refractivity contribution is 9.10. The van der Waals surface area contributed by atoms with E-state index in [1.165, 1.54) is 0 Å². The van der Waals surface area contributed by atoms with Gasteiger partial charge >= 0.3 is 0 Å². The third-order valence-corrected chi connectivity index (χ3v) is 3.78. The van der Waals surface area contributed by atoms with E-state index in [1.807, 2.05) is 22.5 Å². The lowest BCUT2D eigenvalue weighted by atomic mass is 10.3. The van der Waals surface area contributed by atoms with Crippen LogP contribution in [0.15, 0.2) is 10.7 Å². The van der Waals surface area contributed by atoms with Gasteiger partial charge < -0.3 is 5.73 Å². The molecule has 6 nitrogen and oxygen atoms in total. The van der Waals surface area contributed by atoms with Gasteiger partial charge in [0, 0.05) is 19.2 Å². The van der Waals surface area contributed by atoms with E-state index in [9.17, 15) is 0 Å². The number of nitrogens with two attached hydrogens (primary N) is 1. The van der Waals surface area contributed by atoms with Crippen LogP contribution in [0, 0.1) is 6.92 Å². The van der Waals surface area contributed by atoms with E-state index in [4.69, 9.17) is 5.73 Å². The van der Waals surface area contributed by atoms with E-state index in [2.05, 4.69) is 38.3 Å². The molecule has 0 fully saturated rings. The van der Waals surface area contributed by atoms with Gasteiger partial charge in [-0.15, -0.1) is 5.10 Å². The number of rotatable bonds is 5. The molecule has 0 radical (unpaired) electrons. The molecule has 0 bridgehead atoms. The van der Waals surface area contributed by atoms with Crippen molar-refractivity contribution in [3.63, 3.8) is 0 Å². The molecule has 0 saturated carbocycles. The molecule has 0 aromatic carbocycles. The number of hydrogen-bond acceptors (Lipinski definition) is 4. The third-order valence-electron chi connectivity index (χ3n) is 2.75. The van der Waals surface area contributed by atoms with Gasteiger partial charge in [-0.05, 0) is 36.3 Å². The van der Waals surface area contributed by atoms with Crippen molar-refractivity contribution < 1.29 is 0 Å². The van der Waals surface area contributed by atoms with Crippen LogP contribution in [0.25, 0.3) is 0 Å². The van der Waals surface area contributed by atoms with Crippen molar-refractivity contribution in [2.45, 2.75) is 33.4 Å². The first-order valence-corrected chi connectivity index (χ1v) is 6.75. The molecule has 0 atom stereocenters. The van der Waals surface area contributed by atoms with Crippen LogP contribution in [0.3, 0.4) is 0 Å². The van der Waals surface area contributed by atoms with Gasteiger partial charge in [0.05, 0.1) is 28.1 Å². The molecule has 2 rings (SSSR count). The Morgan fingerprint density at radius 2 is 2.22 bits per heavy atom. The molecule has 2 aromatic rings. The Bertz CT molecular complexity index is 530. The molecule has 7 heteroatoms. The molecule has 98 valence electrons. The molecule has 0 spiro atoms. The summed E-state index contributed by atoms with van der Waals surface area (Å²) < 4.78 is 4.84. The van der Waals surface area contributed by atoms with Gasteiger partial charge in [0.1, 0.15) is 0 Å². The summed E-state index contributed by atoms with van der Waals surface area (Å²) in [6.45, 7) is 6.15. The maximum Gasteiger partial charge on any atom is 0.0857 e. The van der Waals surface area contributed by atoms with Gasteiger partial charge in [-0.1, -0.05) is 5.21 Å². The molecule has 18 heavy (non-hydrogen) atoms. The zero-order valence-electron chi connectivity index (χ0n) is 10.6. The van der Waals surface area contributed by atoms with Crippen LogP contribution >= 0.6 is 15.9 Å². The van der Waals surface area contributed by atoms with Crippen molar-refractivity contribution >= 4 is 15.9 Å². The lowest BCUT2D eigenvalue weighted by Gasteiger charge is -2.04. The van der Waals surface area contributed by atoms with Crippen LogP contribution in [0.4, 0.5) is 0 Å². The fourth-order valence-corrected chi connectivity index (χ4v) is 2.26. The second-order valence-electron chi connectivity index (χ2n) is 4.11. The van der Waals surface area contributed by atoms with E-state index in [1.54, 1.807) is 0 Å². The maximum absolute atomic E-state index is 5.50. The SMILES string of the molecule is CCn1nc(C)c(Br)c1Cn1cc(CCN)nn1. The zero-order chi connectivity index (χ0) is 13.1. The van der Waals surface area contributed by atoms with Gasteiger partial charge in [-0.3, -0.25) is 4.68 Å². The van der Waals surface area contributed by atoms with Crippen LogP contribution in [0.2, 0.25) is 0 Å². The highest BCUT2D eigenvalue weighted by Gasteiger charge is 2.13.